The van der Waals surface area contributed by atoms with Gasteiger partial charge in [0, 0.05) is 12.4 Å². The van der Waals surface area contributed by atoms with Crippen LogP contribution in [-0.4, -0.2) is 4.98 Å². The third kappa shape index (κ3) is 0.719. The fraction of sp³-hybridized carbons (Fsp3) is 0. The molecule has 0 radical (unpaired) electrons. The molecule has 2 rings (SSSR count). The molecule has 0 aliphatic carbocycles. The molecule has 1 aromatic rings. The van der Waals surface area contributed by atoms with E-state index in [1.54, 1.807) is 6.20 Å². The molecule has 0 amide bonds. The van der Waals surface area contributed by atoms with Crippen molar-refractivity contribution in [3.8, 4) is 0 Å². The maximum Gasteiger partial charge on any atom is 0.181 e. The Labute approximate surface area is 58.1 Å². The van der Waals surface area contributed by atoms with E-state index in [-0.39, 0.29) is 0 Å². The van der Waals surface area contributed by atoms with Crippen LogP contribution in [0.5, 0.6) is 0 Å². The summed E-state index contributed by atoms with van der Waals surface area (Å²) in [6.45, 7) is 0. The van der Waals surface area contributed by atoms with E-state index in [1.165, 1.54) is 6.39 Å². The summed E-state index contributed by atoms with van der Waals surface area (Å²) in [4.78, 5) is 3.97. The molecule has 0 aromatic carbocycles. The summed E-state index contributed by atoms with van der Waals surface area (Å²) >= 11 is 0. The first-order valence-corrected chi connectivity index (χ1v) is 2.99. The van der Waals surface area contributed by atoms with Crippen LogP contribution in [0.1, 0.15) is 11.5 Å². The topological polar surface area (TPSA) is 38.1 Å². The monoisotopic (exact) mass is 134 g/mol. The van der Waals surface area contributed by atoms with Gasteiger partial charge in [-0.15, -0.1) is 0 Å². The summed E-state index contributed by atoms with van der Waals surface area (Å²) in [6.07, 6.45) is 8.74. The molecule has 0 saturated heterocycles. The number of nitrogens with zero attached hydrogens (tertiary/aromatic N) is 1. The predicted molar refractivity (Wildman–Crippen MR) is 37.7 cm³/mol. The van der Waals surface area contributed by atoms with Crippen molar-refractivity contribution < 1.29 is 4.42 Å². The second-order valence-corrected chi connectivity index (χ2v) is 1.94. The lowest BCUT2D eigenvalue weighted by atomic mass is 10.3. The van der Waals surface area contributed by atoms with Gasteiger partial charge in [-0.25, -0.2) is 4.98 Å². The third-order valence-corrected chi connectivity index (χ3v) is 1.29. The lowest BCUT2D eigenvalue weighted by Gasteiger charge is -1.80. The molecule has 1 N–H and O–H groups in total. The minimum absolute atomic E-state index is 0.793. The van der Waals surface area contributed by atoms with Crippen LogP contribution < -0.4 is 5.32 Å². The van der Waals surface area contributed by atoms with Crippen LogP contribution in [0.4, 0.5) is 0 Å². The zero-order valence-corrected chi connectivity index (χ0v) is 5.24. The van der Waals surface area contributed by atoms with Crippen molar-refractivity contribution in [2.24, 2.45) is 0 Å². The van der Waals surface area contributed by atoms with Gasteiger partial charge in [-0.05, 0) is 12.2 Å². The Kier molecular flexibility index (Phi) is 1.07. The highest BCUT2D eigenvalue weighted by Gasteiger charge is 2.01. The fourth-order valence-corrected chi connectivity index (χ4v) is 0.820. The van der Waals surface area contributed by atoms with Crippen LogP contribution in [0.2, 0.25) is 0 Å². The van der Waals surface area contributed by atoms with Crippen LogP contribution in [0, 0.1) is 0 Å². The van der Waals surface area contributed by atoms with Gasteiger partial charge in [-0.2, -0.15) is 0 Å². The van der Waals surface area contributed by atoms with Crippen molar-refractivity contribution in [3.63, 3.8) is 0 Å². The van der Waals surface area contributed by atoms with Gasteiger partial charge in [0.15, 0.2) is 12.2 Å². The first-order chi connectivity index (χ1) is 4.97. The third-order valence-electron chi connectivity index (χ3n) is 1.29. The van der Waals surface area contributed by atoms with Crippen molar-refractivity contribution in [3.05, 3.63) is 30.2 Å². The number of hydrogen-bond donors (Lipinski definition) is 1. The molecule has 2 heterocycles. The highest BCUT2D eigenvalue weighted by Crippen LogP contribution is 2.11. The van der Waals surface area contributed by atoms with E-state index in [9.17, 15) is 0 Å². The lowest BCUT2D eigenvalue weighted by molar-refractivity contribution is 0.548. The quantitative estimate of drug-likeness (QED) is 0.579. The number of aromatic nitrogens is 1. The molecule has 50 valence electrons. The van der Waals surface area contributed by atoms with Crippen molar-refractivity contribution in [2.45, 2.75) is 0 Å². The van der Waals surface area contributed by atoms with E-state index in [4.69, 9.17) is 4.42 Å². The number of nitrogens with one attached hydrogen (secondary N) is 1. The van der Waals surface area contributed by atoms with E-state index >= 15 is 0 Å². The van der Waals surface area contributed by atoms with Crippen molar-refractivity contribution in [2.75, 3.05) is 0 Å². The standard InChI is InChI=1S/C7H6N2O/c1-3-8-4-2-7-6(1)9-5-10-7/h1-5,8H. The van der Waals surface area contributed by atoms with Gasteiger partial charge < -0.3 is 9.73 Å². The highest BCUT2D eigenvalue weighted by molar-refractivity contribution is 5.59. The molecule has 0 saturated carbocycles. The van der Waals surface area contributed by atoms with Crippen LogP contribution >= 0.6 is 0 Å². The summed E-state index contributed by atoms with van der Waals surface area (Å²) in [5.41, 5.74) is 0.862. The molecule has 0 fully saturated rings. The van der Waals surface area contributed by atoms with E-state index in [0.29, 0.717) is 0 Å². The molecule has 1 aliphatic heterocycles. The summed E-state index contributed by atoms with van der Waals surface area (Å²) < 4.78 is 5.05. The Morgan fingerprint density at radius 1 is 1.30 bits per heavy atom. The Hall–Kier alpha value is -1.51. The first kappa shape index (κ1) is 5.29. The Balaban J connectivity index is 2.56. The van der Waals surface area contributed by atoms with Crippen LogP contribution in [0.15, 0.2) is 23.2 Å². The number of hydrogen-bond acceptors (Lipinski definition) is 3. The number of fused-ring (bicyclic) bond motifs is 1. The van der Waals surface area contributed by atoms with E-state index in [1.807, 2.05) is 18.4 Å². The molecule has 3 nitrogen and oxygen atoms in total. The Bertz CT molecular complexity index is 259. The normalized spacial score (nSPS) is 14.0. The molecule has 0 bridgehead atoms. The molecule has 0 spiro atoms. The predicted octanol–water partition coefficient (Wildman–Crippen LogP) is 1.22. The smallest absolute Gasteiger partial charge is 0.181 e. The van der Waals surface area contributed by atoms with Gasteiger partial charge >= 0.3 is 0 Å². The largest absolute Gasteiger partial charge is 0.443 e. The number of oxazole rings is 1. The fourth-order valence-electron chi connectivity index (χ4n) is 0.820. The van der Waals surface area contributed by atoms with Gasteiger partial charge in [0.1, 0.15) is 5.69 Å². The molecular weight excluding hydrogens is 128 g/mol. The lowest BCUT2D eigenvalue weighted by Crippen LogP contribution is -1.87. The van der Waals surface area contributed by atoms with Crippen LogP contribution in [0.25, 0.3) is 12.2 Å². The second kappa shape index (κ2) is 2.02. The zero-order valence-electron chi connectivity index (χ0n) is 5.24. The SMILES string of the molecule is C1=Cc2ncoc2C=CN1. The van der Waals surface area contributed by atoms with Gasteiger partial charge in [0.05, 0.1) is 0 Å². The zero-order chi connectivity index (χ0) is 6.81. The van der Waals surface area contributed by atoms with Gasteiger partial charge in [0.2, 0.25) is 0 Å². The average Bonchev–Trinajstić information content (AvgIpc) is 2.28. The maximum atomic E-state index is 5.05. The Morgan fingerprint density at radius 2 is 2.20 bits per heavy atom. The molecule has 0 atom stereocenters. The van der Waals surface area contributed by atoms with Crippen LogP contribution in [0.3, 0.4) is 0 Å². The van der Waals surface area contributed by atoms with E-state index in [2.05, 4.69) is 10.3 Å². The second-order valence-electron chi connectivity index (χ2n) is 1.94. The molecule has 3 heteroatoms. The number of rotatable bonds is 0. The summed E-state index contributed by atoms with van der Waals surface area (Å²) in [7, 11) is 0. The minimum atomic E-state index is 0.793. The van der Waals surface area contributed by atoms with E-state index < -0.39 is 0 Å². The Morgan fingerprint density at radius 3 is 3.20 bits per heavy atom. The molecule has 1 aromatic heterocycles. The first-order valence-electron chi connectivity index (χ1n) is 2.99. The summed E-state index contributed by atoms with van der Waals surface area (Å²) in [5, 5.41) is 2.92. The van der Waals surface area contributed by atoms with Gasteiger partial charge in [-0.1, -0.05) is 0 Å². The average molecular weight is 134 g/mol. The van der Waals surface area contributed by atoms with Gasteiger partial charge in [-0.3, -0.25) is 0 Å². The highest BCUT2D eigenvalue weighted by atomic mass is 16.3. The van der Waals surface area contributed by atoms with Crippen LogP contribution in [-0.2, 0) is 0 Å². The van der Waals surface area contributed by atoms with E-state index in [0.717, 1.165) is 11.5 Å². The summed E-state index contributed by atoms with van der Waals surface area (Å²) in [6, 6.07) is 0. The van der Waals surface area contributed by atoms with Gasteiger partial charge in [0.25, 0.3) is 0 Å². The van der Waals surface area contributed by atoms with Crippen molar-refractivity contribution >= 4 is 12.2 Å². The van der Waals surface area contributed by atoms with Crippen molar-refractivity contribution in [1.29, 1.82) is 0 Å². The molecule has 10 heavy (non-hydrogen) atoms. The maximum absolute atomic E-state index is 5.05. The molecule has 1 aliphatic rings. The molecule has 0 unspecified atom stereocenters. The van der Waals surface area contributed by atoms with Crippen molar-refractivity contribution in [1.82, 2.24) is 10.3 Å². The summed E-state index contributed by atoms with van der Waals surface area (Å²) in [5.74, 6) is 0.793. The molecular formula is C7H6N2O. The minimum Gasteiger partial charge on any atom is -0.443 e.